The Labute approximate surface area is 170 Å². The summed E-state index contributed by atoms with van der Waals surface area (Å²) in [4.78, 5) is 39.3. The van der Waals surface area contributed by atoms with E-state index in [2.05, 4.69) is 5.32 Å². The van der Waals surface area contributed by atoms with E-state index in [1.807, 2.05) is 24.3 Å². The number of hydrogen-bond donors (Lipinski definition) is 1. The zero-order chi connectivity index (χ0) is 20.8. The van der Waals surface area contributed by atoms with Crippen molar-refractivity contribution in [2.24, 2.45) is 7.05 Å². The molecule has 1 N–H and O–H groups in total. The van der Waals surface area contributed by atoms with Crippen molar-refractivity contribution in [3.63, 3.8) is 0 Å². The molecule has 154 valence electrons. The molecule has 1 aromatic heterocycles. The van der Waals surface area contributed by atoms with E-state index in [1.165, 1.54) is 16.8 Å². The quantitative estimate of drug-likeness (QED) is 0.812. The topological polar surface area (TPSA) is 80.6 Å². The number of ether oxygens (including phenoxy) is 1. The molecule has 0 aliphatic carbocycles. The van der Waals surface area contributed by atoms with Gasteiger partial charge in [-0.1, -0.05) is 12.1 Å². The SMILES string of the molecule is COc1ccc(CCC(=O)Nc2cc(C(=O)N3CCCCC3)cn(C)c2=O)cc1. The predicted molar refractivity (Wildman–Crippen MR) is 111 cm³/mol. The Hall–Kier alpha value is -3.09. The second kappa shape index (κ2) is 9.41. The van der Waals surface area contributed by atoms with E-state index >= 15 is 0 Å². The van der Waals surface area contributed by atoms with Crippen LogP contribution in [-0.2, 0) is 18.3 Å². The van der Waals surface area contributed by atoms with Crippen LogP contribution in [0.4, 0.5) is 5.69 Å². The van der Waals surface area contributed by atoms with Gasteiger partial charge in [-0.2, -0.15) is 0 Å². The zero-order valence-corrected chi connectivity index (χ0v) is 16.9. The van der Waals surface area contributed by atoms with Gasteiger partial charge in [0, 0.05) is 32.8 Å². The molecule has 0 bridgehead atoms. The molecule has 7 nitrogen and oxygen atoms in total. The zero-order valence-electron chi connectivity index (χ0n) is 16.9. The van der Waals surface area contributed by atoms with Crippen molar-refractivity contribution in [3.05, 3.63) is 58.0 Å². The van der Waals surface area contributed by atoms with Crippen LogP contribution in [0.1, 0.15) is 41.6 Å². The molecule has 1 aromatic carbocycles. The number of aromatic nitrogens is 1. The summed E-state index contributed by atoms with van der Waals surface area (Å²) in [5.41, 5.74) is 1.22. The lowest BCUT2D eigenvalue weighted by Gasteiger charge is -2.27. The Morgan fingerprint density at radius 1 is 1.10 bits per heavy atom. The minimum atomic E-state index is -0.335. The number of carbonyl (C=O) groups is 2. The third kappa shape index (κ3) is 5.25. The molecule has 1 aliphatic rings. The van der Waals surface area contributed by atoms with Crippen LogP contribution in [0.2, 0.25) is 0 Å². The third-order valence-electron chi connectivity index (χ3n) is 5.15. The van der Waals surface area contributed by atoms with Gasteiger partial charge in [-0.3, -0.25) is 14.4 Å². The van der Waals surface area contributed by atoms with Crippen LogP contribution in [0.15, 0.2) is 41.3 Å². The largest absolute Gasteiger partial charge is 0.497 e. The standard InChI is InChI=1S/C22H27N3O4/c1-24-15-17(21(27)25-12-4-3-5-13-25)14-19(22(24)28)23-20(26)11-8-16-6-9-18(29-2)10-7-16/h6-7,9-10,14-15H,3-5,8,11-13H2,1-2H3,(H,23,26). The molecule has 1 fully saturated rings. The summed E-state index contributed by atoms with van der Waals surface area (Å²) in [5.74, 6) is 0.395. The molecule has 2 amide bonds. The van der Waals surface area contributed by atoms with Gasteiger partial charge in [-0.05, 0) is 49.4 Å². The maximum atomic E-state index is 12.8. The fourth-order valence-corrected chi connectivity index (χ4v) is 3.46. The molecule has 0 spiro atoms. The van der Waals surface area contributed by atoms with Crippen molar-refractivity contribution in [3.8, 4) is 5.75 Å². The van der Waals surface area contributed by atoms with Crippen LogP contribution in [0.5, 0.6) is 5.75 Å². The van der Waals surface area contributed by atoms with E-state index in [0.717, 1.165) is 43.7 Å². The highest BCUT2D eigenvalue weighted by Crippen LogP contribution is 2.15. The van der Waals surface area contributed by atoms with Crippen LogP contribution in [0, 0.1) is 0 Å². The van der Waals surface area contributed by atoms with Crippen LogP contribution in [-0.4, -0.2) is 41.5 Å². The molecule has 0 atom stereocenters. The molecule has 2 heterocycles. The summed E-state index contributed by atoms with van der Waals surface area (Å²) < 4.78 is 6.47. The number of likely N-dealkylation sites (tertiary alicyclic amines) is 1. The first-order chi connectivity index (χ1) is 14.0. The van der Waals surface area contributed by atoms with Gasteiger partial charge >= 0.3 is 0 Å². The summed E-state index contributed by atoms with van der Waals surface area (Å²) in [7, 11) is 3.19. The fraction of sp³-hybridized carbons (Fsp3) is 0.409. The highest BCUT2D eigenvalue weighted by molar-refractivity contribution is 5.96. The molecular weight excluding hydrogens is 370 g/mol. The van der Waals surface area contributed by atoms with Gasteiger partial charge in [0.15, 0.2) is 0 Å². The van der Waals surface area contributed by atoms with E-state index in [0.29, 0.717) is 12.0 Å². The molecule has 0 saturated carbocycles. The second-order valence-electron chi connectivity index (χ2n) is 7.31. The van der Waals surface area contributed by atoms with Crippen LogP contribution >= 0.6 is 0 Å². The number of benzene rings is 1. The lowest BCUT2D eigenvalue weighted by atomic mass is 10.1. The second-order valence-corrected chi connectivity index (χ2v) is 7.31. The first-order valence-corrected chi connectivity index (χ1v) is 9.90. The number of amides is 2. The van der Waals surface area contributed by atoms with Gasteiger partial charge < -0.3 is 19.5 Å². The summed E-state index contributed by atoms with van der Waals surface area (Å²) in [6.45, 7) is 1.45. The van der Waals surface area contributed by atoms with E-state index < -0.39 is 0 Å². The maximum absolute atomic E-state index is 12.8. The first kappa shape index (κ1) is 20.6. The molecule has 0 radical (unpaired) electrons. The Morgan fingerprint density at radius 3 is 2.45 bits per heavy atom. The van der Waals surface area contributed by atoms with Crippen LogP contribution < -0.4 is 15.6 Å². The molecule has 2 aromatic rings. The lowest BCUT2D eigenvalue weighted by Crippen LogP contribution is -2.36. The first-order valence-electron chi connectivity index (χ1n) is 9.90. The predicted octanol–water partition coefficient (Wildman–Crippen LogP) is 2.59. The minimum absolute atomic E-state index is 0.103. The van der Waals surface area contributed by atoms with E-state index in [4.69, 9.17) is 4.74 Å². The summed E-state index contributed by atoms with van der Waals surface area (Å²) in [5, 5.41) is 2.67. The number of carbonyl (C=O) groups excluding carboxylic acids is 2. The highest BCUT2D eigenvalue weighted by atomic mass is 16.5. The van der Waals surface area contributed by atoms with Gasteiger partial charge in [0.1, 0.15) is 11.4 Å². The Morgan fingerprint density at radius 2 is 1.79 bits per heavy atom. The van der Waals surface area contributed by atoms with Crippen molar-refractivity contribution < 1.29 is 14.3 Å². The summed E-state index contributed by atoms with van der Waals surface area (Å²) in [6, 6.07) is 8.99. The van der Waals surface area contributed by atoms with Crippen molar-refractivity contribution in [1.82, 2.24) is 9.47 Å². The van der Waals surface area contributed by atoms with Gasteiger partial charge in [0.25, 0.3) is 11.5 Å². The van der Waals surface area contributed by atoms with Crippen LogP contribution in [0.3, 0.4) is 0 Å². The number of anilines is 1. The summed E-state index contributed by atoms with van der Waals surface area (Å²) >= 11 is 0. The minimum Gasteiger partial charge on any atom is -0.497 e. The fourth-order valence-electron chi connectivity index (χ4n) is 3.46. The maximum Gasteiger partial charge on any atom is 0.274 e. The Balaban J connectivity index is 1.67. The van der Waals surface area contributed by atoms with Gasteiger partial charge in [-0.15, -0.1) is 0 Å². The number of pyridine rings is 1. The average molecular weight is 397 g/mol. The number of piperidine rings is 1. The molecule has 3 rings (SSSR count). The van der Waals surface area contributed by atoms with Crippen molar-refractivity contribution in [2.75, 3.05) is 25.5 Å². The highest BCUT2D eigenvalue weighted by Gasteiger charge is 2.20. The normalized spacial score (nSPS) is 13.8. The Bertz CT molecular complexity index is 928. The molecule has 29 heavy (non-hydrogen) atoms. The van der Waals surface area contributed by atoms with E-state index in [1.54, 1.807) is 19.1 Å². The number of nitrogens with zero attached hydrogens (tertiary/aromatic N) is 2. The van der Waals surface area contributed by atoms with Crippen LogP contribution in [0.25, 0.3) is 0 Å². The van der Waals surface area contributed by atoms with E-state index in [-0.39, 0.29) is 29.5 Å². The Kier molecular flexibility index (Phi) is 6.69. The summed E-state index contributed by atoms with van der Waals surface area (Å²) in [6.07, 6.45) is 5.43. The van der Waals surface area contributed by atoms with Crippen molar-refractivity contribution >= 4 is 17.5 Å². The molecule has 1 aliphatic heterocycles. The van der Waals surface area contributed by atoms with Gasteiger partial charge in [0.05, 0.1) is 12.7 Å². The van der Waals surface area contributed by atoms with Gasteiger partial charge in [-0.25, -0.2) is 0 Å². The molecule has 7 heteroatoms. The number of rotatable bonds is 6. The van der Waals surface area contributed by atoms with Crippen molar-refractivity contribution in [2.45, 2.75) is 32.1 Å². The monoisotopic (exact) mass is 397 g/mol. The molecule has 1 saturated heterocycles. The molecule has 0 unspecified atom stereocenters. The molecular formula is C22H27N3O4. The van der Waals surface area contributed by atoms with E-state index in [9.17, 15) is 14.4 Å². The van der Waals surface area contributed by atoms with Gasteiger partial charge in [0.2, 0.25) is 5.91 Å². The lowest BCUT2D eigenvalue weighted by molar-refractivity contribution is -0.116. The number of methoxy groups -OCH3 is 1. The average Bonchev–Trinajstić information content (AvgIpc) is 2.75. The third-order valence-corrected chi connectivity index (χ3v) is 5.15. The number of nitrogens with one attached hydrogen (secondary N) is 1. The smallest absolute Gasteiger partial charge is 0.274 e. The number of hydrogen-bond acceptors (Lipinski definition) is 4. The van der Waals surface area contributed by atoms with Crippen molar-refractivity contribution in [1.29, 1.82) is 0 Å². The number of aryl methyl sites for hydroxylation is 2.